The third-order valence-corrected chi connectivity index (χ3v) is 0.539. The monoisotopic (exact) mass is 114 g/mol. The van der Waals surface area contributed by atoms with Gasteiger partial charge in [-0.15, -0.1) is 0 Å². The number of nitrogens with one attached hydrogen (secondary N) is 1. The van der Waals surface area contributed by atoms with E-state index >= 15 is 0 Å². The van der Waals surface area contributed by atoms with Gasteiger partial charge in [-0.3, -0.25) is 5.41 Å². The average Bonchev–Trinajstić information content (AvgIpc) is 2.14. The topological polar surface area (TPSA) is 84.4 Å². The molecule has 0 radical (unpaired) electrons. The van der Waals surface area contributed by atoms with Crippen LogP contribution in [0.2, 0.25) is 0 Å². The van der Waals surface area contributed by atoms with Crippen LogP contribution in [0.3, 0.4) is 0 Å². The van der Waals surface area contributed by atoms with E-state index in [0.717, 1.165) is 6.20 Å². The first-order valence-electron chi connectivity index (χ1n) is 1.77. The Hall–Kier alpha value is -1.46. The standard InChI is InChI=1S/C2H2N4O2/c3-2-1-6(4-7)5-8-2/h1,3H. The van der Waals surface area contributed by atoms with Crippen molar-refractivity contribution < 1.29 is 9.31 Å². The largest absolute Gasteiger partial charge is 0.380 e. The van der Waals surface area contributed by atoms with Crippen molar-refractivity contribution in [3.63, 3.8) is 0 Å². The highest BCUT2D eigenvalue weighted by atomic mass is 16.5. The zero-order valence-corrected chi connectivity index (χ0v) is 3.74. The van der Waals surface area contributed by atoms with E-state index in [9.17, 15) is 4.91 Å². The SMILES string of the molecule is N=c1c[n+](N=O)[n-]o1. The molecule has 0 saturated heterocycles. The zero-order valence-electron chi connectivity index (χ0n) is 3.74. The Morgan fingerprint density at radius 1 is 2.00 bits per heavy atom. The molecule has 8 heavy (non-hydrogen) atoms. The maximum absolute atomic E-state index is 9.53. The third kappa shape index (κ3) is 0.625. The first-order chi connectivity index (χ1) is 3.83. The van der Waals surface area contributed by atoms with Gasteiger partial charge in [-0.2, -0.15) is 0 Å². The quantitative estimate of drug-likeness (QED) is 0.357. The molecular weight excluding hydrogens is 112 g/mol. The Labute approximate surface area is 43.1 Å². The molecule has 1 rings (SSSR count). The van der Waals surface area contributed by atoms with Crippen LogP contribution in [-0.2, 0) is 0 Å². The molecule has 0 amide bonds. The van der Waals surface area contributed by atoms with Gasteiger partial charge in [0.05, 0.1) is 0 Å². The summed E-state index contributed by atoms with van der Waals surface area (Å²) in [5.74, 6) is 0. The van der Waals surface area contributed by atoms with Crippen molar-refractivity contribution in [2.24, 2.45) is 5.29 Å². The van der Waals surface area contributed by atoms with Gasteiger partial charge < -0.3 is 4.52 Å². The second kappa shape index (κ2) is 1.57. The normalized spacial score (nSPS) is 9.00. The Morgan fingerprint density at radius 2 is 2.75 bits per heavy atom. The highest BCUT2D eigenvalue weighted by molar-refractivity contribution is 4.39. The van der Waals surface area contributed by atoms with Gasteiger partial charge in [0.25, 0.3) is 11.8 Å². The Morgan fingerprint density at radius 3 is 3.00 bits per heavy atom. The summed E-state index contributed by atoms with van der Waals surface area (Å²) in [7, 11) is 0. The summed E-state index contributed by atoms with van der Waals surface area (Å²) in [6, 6.07) is 0. The molecule has 0 saturated carbocycles. The van der Waals surface area contributed by atoms with Crippen molar-refractivity contribution in [2.75, 3.05) is 0 Å². The number of hydrogen-bond acceptors (Lipinski definition) is 4. The molecule has 1 aromatic rings. The summed E-state index contributed by atoms with van der Waals surface area (Å²) in [6.07, 6.45) is 1.05. The van der Waals surface area contributed by atoms with Crippen molar-refractivity contribution in [3.05, 3.63) is 16.7 Å². The van der Waals surface area contributed by atoms with E-state index in [4.69, 9.17) is 5.41 Å². The minimum absolute atomic E-state index is 0.190. The fourth-order valence-corrected chi connectivity index (χ4v) is 0.276. The van der Waals surface area contributed by atoms with Gasteiger partial charge in [0.2, 0.25) is 0 Å². The van der Waals surface area contributed by atoms with E-state index in [2.05, 4.69) is 15.1 Å². The molecule has 0 aliphatic carbocycles. The molecule has 0 bridgehead atoms. The summed E-state index contributed by atoms with van der Waals surface area (Å²) in [4.78, 5) is 10.2. The van der Waals surface area contributed by atoms with Crippen LogP contribution in [0.15, 0.2) is 16.0 Å². The number of rotatable bonds is 1. The second-order valence-corrected chi connectivity index (χ2v) is 1.07. The van der Waals surface area contributed by atoms with E-state index in [1.54, 1.807) is 0 Å². The molecule has 1 aromatic heterocycles. The maximum Gasteiger partial charge on any atom is 0.286 e. The van der Waals surface area contributed by atoms with Crippen molar-refractivity contribution in [1.29, 1.82) is 5.41 Å². The molecule has 42 valence electrons. The summed E-state index contributed by atoms with van der Waals surface area (Å²) in [6.45, 7) is 0. The molecule has 0 aromatic carbocycles. The fraction of sp³-hybridized carbons (Fsp3) is 0. The molecule has 0 atom stereocenters. The van der Waals surface area contributed by atoms with Crippen molar-refractivity contribution >= 4 is 0 Å². The maximum atomic E-state index is 9.53. The Balaban J connectivity index is 3.18. The number of nitroso groups, excluding NO2 is 1. The lowest BCUT2D eigenvalue weighted by molar-refractivity contribution is -0.753. The zero-order chi connectivity index (χ0) is 5.98. The van der Waals surface area contributed by atoms with Crippen LogP contribution in [-0.4, -0.2) is 0 Å². The molecule has 0 aliphatic rings. The highest BCUT2D eigenvalue weighted by Crippen LogP contribution is 1.52. The average molecular weight is 114 g/mol. The van der Waals surface area contributed by atoms with E-state index in [1.165, 1.54) is 0 Å². The van der Waals surface area contributed by atoms with E-state index in [-0.39, 0.29) is 5.55 Å². The fourth-order valence-electron chi connectivity index (χ4n) is 0.276. The van der Waals surface area contributed by atoms with Gasteiger partial charge in [-0.25, -0.2) is 4.91 Å². The lowest BCUT2D eigenvalue weighted by Crippen LogP contribution is -2.29. The number of aromatic nitrogens is 2. The highest BCUT2D eigenvalue weighted by Gasteiger charge is 1.89. The Kier molecular flexibility index (Phi) is 0.918. The Bertz CT molecular complexity index is 234. The third-order valence-electron chi connectivity index (χ3n) is 0.539. The first-order valence-corrected chi connectivity index (χ1v) is 1.77. The smallest absolute Gasteiger partial charge is 0.286 e. The predicted molar refractivity (Wildman–Crippen MR) is 19.3 cm³/mol. The van der Waals surface area contributed by atoms with Crippen LogP contribution < -0.4 is 15.6 Å². The van der Waals surface area contributed by atoms with Gasteiger partial charge in [0, 0.05) is 5.29 Å². The summed E-state index contributed by atoms with van der Waals surface area (Å²) < 4.78 is 4.14. The molecule has 1 N–H and O–H groups in total. The van der Waals surface area contributed by atoms with Gasteiger partial charge in [-0.1, -0.05) is 4.79 Å². The van der Waals surface area contributed by atoms with Crippen molar-refractivity contribution in [1.82, 2.24) is 5.27 Å². The van der Waals surface area contributed by atoms with Gasteiger partial charge in [0.1, 0.15) is 0 Å². The van der Waals surface area contributed by atoms with Crippen LogP contribution in [0.1, 0.15) is 0 Å². The van der Waals surface area contributed by atoms with Crippen LogP contribution in [0.4, 0.5) is 0 Å². The summed E-state index contributed by atoms with van der Waals surface area (Å²) in [5, 5.41) is 12.0. The molecule has 6 nitrogen and oxygen atoms in total. The van der Waals surface area contributed by atoms with Gasteiger partial charge >= 0.3 is 0 Å². The van der Waals surface area contributed by atoms with Crippen LogP contribution in [0.25, 0.3) is 0 Å². The first kappa shape index (κ1) is 4.69. The summed E-state index contributed by atoms with van der Waals surface area (Å²) >= 11 is 0. The van der Waals surface area contributed by atoms with Crippen molar-refractivity contribution in [2.45, 2.75) is 0 Å². The lowest BCUT2D eigenvalue weighted by Gasteiger charge is -1.69. The van der Waals surface area contributed by atoms with Crippen LogP contribution >= 0.6 is 0 Å². The molecule has 0 spiro atoms. The van der Waals surface area contributed by atoms with E-state index in [1.807, 2.05) is 0 Å². The molecule has 0 fully saturated rings. The lowest BCUT2D eigenvalue weighted by atomic mass is 10.9. The minimum atomic E-state index is -0.190. The van der Waals surface area contributed by atoms with Crippen LogP contribution in [0.5, 0.6) is 0 Å². The molecule has 1 heterocycles. The van der Waals surface area contributed by atoms with Gasteiger partial charge in [0.15, 0.2) is 0 Å². The second-order valence-electron chi connectivity index (χ2n) is 1.07. The molecular formula is C2H2N4O2. The number of hydrogen-bond donors (Lipinski definition) is 1. The minimum Gasteiger partial charge on any atom is -0.380 e. The summed E-state index contributed by atoms with van der Waals surface area (Å²) in [5.41, 5.74) is -0.190. The van der Waals surface area contributed by atoms with Crippen LogP contribution in [0, 0.1) is 10.3 Å². The van der Waals surface area contributed by atoms with Crippen molar-refractivity contribution in [3.8, 4) is 0 Å². The van der Waals surface area contributed by atoms with E-state index in [0.29, 0.717) is 4.79 Å². The molecule has 0 unspecified atom stereocenters. The van der Waals surface area contributed by atoms with Gasteiger partial charge in [-0.05, 0) is 5.27 Å². The molecule has 0 aliphatic heterocycles. The molecule has 6 heteroatoms. The number of nitrogens with zero attached hydrogens (tertiary/aromatic N) is 3. The van der Waals surface area contributed by atoms with E-state index < -0.39 is 0 Å². The predicted octanol–water partition coefficient (Wildman–Crippen LogP) is -1.47.